The van der Waals surface area contributed by atoms with Crippen LogP contribution < -0.4 is 15.2 Å². The van der Waals surface area contributed by atoms with Gasteiger partial charge in [-0.05, 0) is 26.2 Å². The predicted molar refractivity (Wildman–Crippen MR) is 68.5 cm³/mol. The lowest BCUT2D eigenvalue weighted by Crippen LogP contribution is -2.29. The molecular weight excluding hydrogens is 241 g/mol. The summed E-state index contributed by atoms with van der Waals surface area (Å²) in [4.78, 5) is 0.428. The van der Waals surface area contributed by atoms with Crippen LogP contribution >= 0.6 is 11.8 Å². The summed E-state index contributed by atoms with van der Waals surface area (Å²) in [6.45, 7) is 3.59. The molecule has 0 aliphatic carbocycles. The van der Waals surface area contributed by atoms with Gasteiger partial charge in [-0.15, -0.1) is 11.8 Å². The van der Waals surface area contributed by atoms with Crippen LogP contribution in [0.1, 0.15) is 19.4 Å². The van der Waals surface area contributed by atoms with Crippen LogP contribution in [-0.2, 0) is 5.54 Å². The summed E-state index contributed by atoms with van der Waals surface area (Å²) in [6, 6.07) is 1.41. The quantitative estimate of drug-likeness (QED) is 0.844. The monoisotopic (exact) mass is 259 g/mol. The van der Waals surface area contributed by atoms with E-state index >= 15 is 0 Å². The van der Waals surface area contributed by atoms with Gasteiger partial charge in [0.05, 0.1) is 19.1 Å². The summed E-state index contributed by atoms with van der Waals surface area (Å²) in [7, 11) is 3.01. The average Bonchev–Trinajstić information content (AvgIpc) is 2.26. The summed E-state index contributed by atoms with van der Waals surface area (Å²) >= 11 is 1.27. The van der Waals surface area contributed by atoms with Crippen molar-refractivity contribution in [2.24, 2.45) is 5.73 Å². The van der Waals surface area contributed by atoms with Crippen molar-refractivity contribution >= 4 is 11.8 Å². The SMILES string of the molecule is COc1c(C(C)(C)N)cc(F)c(SC)c1OC. The normalized spacial score (nSPS) is 11.5. The molecule has 2 N–H and O–H groups in total. The standard InChI is InChI=1S/C12H18FNO2S/c1-12(2,14)7-6-8(13)11(17-5)10(16-4)9(7)15-3/h6H,14H2,1-5H3. The average molecular weight is 259 g/mol. The highest BCUT2D eigenvalue weighted by molar-refractivity contribution is 7.98. The lowest BCUT2D eigenvalue weighted by atomic mass is 9.94. The summed E-state index contributed by atoms with van der Waals surface area (Å²) in [5, 5.41) is 0. The Balaban J connectivity index is 3.59. The van der Waals surface area contributed by atoms with Crippen molar-refractivity contribution < 1.29 is 13.9 Å². The maximum atomic E-state index is 13.9. The van der Waals surface area contributed by atoms with E-state index in [0.717, 1.165) is 0 Å². The molecule has 0 amide bonds. The topological polar surface area (TPSA) is 44.5 Å². The Morgan fingerprint density at radius 3 is 2.12 bits per heavy atom. The number of rotatable bonds is 4. The molecule has 1 aromatic rings. The molecule has 0 radical (unpaired) electrons. The van der Waals surface area contributed by atoms with Gasteiger partial charge in [0.15, 0.2) is 11.5 Å². The van der Waals surface area contributed by atoms with E-state index in [0.29, 0.717) is 22.0 Å². The zero-order valence-electron chi connectivity index (χ0n) is 10.8. The second kappa shape index (κ2) is 5.14. The van der Waals surface area contributed by atoms with Gasteiger partial charge < -0.3 is 15.2 Å². The molecule has 3 nitrogen and oxygen atoms in total. The minimum atomic E-state index is -0.698. The third-order valence-electron chi connectivity index (χ3n) is 2.45. The van der Waals surface area contributed by atoms with Gasteiger partial charge in [0.2, 0.25) is 0 Å². The molecule has 0 atom stereocenters. The van der Waals surface area contributed by atoms with Crippen LogP contribution in [0.3, 0.4) is 0 Å². The number of hydrogen-bond acceptors (Lipinski definition) is 4. The molecule has 0 bridgehead atoms. The summed E-state index contributed by atoms with van der Waals surface area (Å²) in [5.41, 5.74) is 5.90. The molecule has 0 heterocycles. The number of hydrogen-bond donors (Lipinski definition) is 1. The molecule has 1 aromatic carbocycles. The third kappa shape index (κ3) is 2.66. The maximum Gasteiger partial charge on any atom is 0.177 e. The van der Waals surface area contributed by atoms with Crippen LogP contribution in [-0.4, -0.2) is 20.5 Å². The van der Waals surface area contributed by atoms with E-state index in [1.54, 1.807) is 20.1 Å². The molecule has 0 saturated heterocycles. The van der Waals surface area contributed by atoms with Crippen molar-refractivity contribution in [3.05, 3.63) is 17.4 Å². The van der Waals surface area contributed by atoms with Crippen LogP contribution in [0.15, 0.2) is 11.0 Å². The number of nitrogens with two attached hydrogens (primary N) is 1. The van der Waals surface area contributed by atoms with E-state index in [2.05, 4.69) is 0 Å². The minimum Gasteiger partial charge on any atom is -0.492 e. The molecule has 0 unspecified atom stereocenters. The Hall–Kier alpha value is -0.940. The lowest BCUT2D eigenvalue weighted by Gasteiger charge is -2.24. The fourth-order valence-corrected chi connectivity index (χ4v) is 2.26. The van der Waals surface area contributed by atoms with Crippen molar-refractivity contribution in [2.75, 3.05) is 20.5 Å². The Morgan fingerprint density at radius 1 is 1.24 bits per heavy atom. The van der Waals surface area contributed by atoms with Gasteiger partial charge in [-0.25, -0.2) is 4.39 Å². The molecule has 1 rings (SSSR count). The van der Waals surface area contributed by atoms with E-state index in [9.17, 15) is 4.39 Å². The summed E-state index contributed by atoms with van der Waals surface area (Å²) in [5.74, 6) is 0.544. The second-order valence-corrected chi connectivity index (χ2v) is 5.04. The van der Waals surface area contributed by atoms with E-state index in [-0.39, 0.29) is 5.82 Å². The number of methoxy groups -OCH3 is 2. The van der Waals surface area contributed by atoms with E-state index in [1.165, 1.54) is 32.0 Å². The minimum absolute atomic E-state index is 0.344. The highest BCUT2D eigenvalue weighted by Gasteiger charge is 2.26. The van der Waals surface area contributed by atoms with Crippen LogP contribution in [0, 0.1) is 5.82 Å². The molecular formula is C12H18FNO2S. The summed E-state index contributed by atoms with van der Waals surface area (Å²) < 4.78 is 24.5. The van der Waals surface area contributed by atoms with E-state index in [4.69, 9.17) is 15.2 Å². The first-order valence-electron chi connectivity index (χ1n) is 5.14. The number of halogens is 1. The van der Waals surface area contributed by atoms with Gasteiger partial charge in [0.25, 0.3) is 0 Å². The largest absolute Gasteiger partial charge is 0.492 e. The van der Waals surface area contributed by atoms with Gasteiger partial charge in [-0.1, -0.05) is 0 Å². The lowest BCUT2D eigenvalue weighted by molar-refractivity contribution is 0.332. The van der Waals surface area contributed by atoms with Crippen LogP contribution in [0.4, 0.5) is 4.39 Å². The molecule has 5 heteroatoms. The van der Waals surface area contributed by atoms with E-state index in [1.807, 2.05) is 0 Å². The zero-order valence-corrected chi connectivity index (χ0v) is 11.6. The van der Waals surface area contributed by atoms with Crippen molar-refractivity contribution in [3.63, 3.8) is 0 Å². The molecule has 0 spiro atoms. The first kappa shape index (κ1) is 14.1. The number of benzene rings is 1. The molecule has 96 valence electrons. The Kier molecular flexibility index (Phi) is 4.27. The maximum absolute atomic E-state index is 13.9. The first-order valence-corrected chi connectivity index (χ1v) is 6.37. The number of ether oxygens (including phenoxy) is 2. The molecule has 0 aliphatic rings. The third-order valence-corrected chi connectivity index (χ3v) is 3.24. The van der Waals surface area contributed by atoms with Crippen LogP contribution in [0.5, 0.6) is 11.5 Å². The van der Waals surface area contributed by atoms with Gasteiger partial charge in [-0.3, -0.25) is 0 Å². The molecule has 0 fully saturated rings. The molecule has 0 aliphatic heterocycles. The van der Waals surface area contributed by atoms with E-state index < -0.39 is 5.54 Å². The molecule has 0 aromatic heterocycles. The van der Waals surface area contributed by atoms with Crippen LogP contribution in [0.2, 0.25) is 0 Å². The van der Waals surface area contributed by atoms with Crippen molar-refractivity contribution in [2.45, 2.75) is 24.3 Å². The van der Waals surface area contributed by atoms with Gasteiger partial charge >= 0.3 is 0 Å². The zero-order chi connectivity index (χ0) is 13.2. The van der Waals surface area contributed by atoms with Gasteiger partial charge in [-0.2, -0.15) is 0 Å². The highest BCUT2D eigenvalue weighted by Crippen LogP contribution is 2.44. The predicted octanol–water partition coefficient (Wildman–Crippen LogP) is 2.76. The Morgan fingerprint density at radius 2 is 1.76 bits per heavy atom. The van der Waals surface area contributed by atoms with Crippen LogP contribution in [0.25, 0.3) is 0 Å². The fourth-order valence-electron chi connectivity index (χ4n) is 1.65. The van der Waals surface area contributed by atoms with Gasteiger partial charge in [0, 0.05) is 11.1 Å². The highest BCUT2D eigenvalue weighted by atomic mass is 32.2. The number of thioether (sulfide) groups is 1. The summed E-state index contributed by atoms with van der Waals surface area (Å²) in [6.07, 6.45) is 1.79. The van der Waals surface area contributed by atoms with Crippen molar-refractivity contribution in [3.8, 4) is 11.5 Å². The Labute approximate surface area is 105 Å². The van der Waals surface area contributed by atoms with Gasteiger partial charge in [0.1, 0.15) is 5.82 Å². The molecule has 17 heavy (non-hydrogen) atoms. The van der Waals surface area contributed by atoms with Crippen molar-refractivity contribution in [1.29, 1.82) is 0 Å². The van der Waals surface area contributed by atoms with Crippen molar-refractivity contribution in [1.82, 2.24) is 0 Å². The second-order valence-electron chi connectivity index (χ2n) is 4.23. The molecule has 0 saturated carbocycles. The first-order chi connectivity index (χ1) is 7.86. The Bertz CT molecular complexity index is 416. The fraction of sp³-hybridized carbons (Fsp3) is 0.500. The smallest absolute Gasteiger partial charge is 0.177 e.